The van der Waals surface area contributed by atoms with Gasteiger partial charge in [0.05, 0.1) is 12.7 Å². The smallest absolute Gasteiger partial charge is 0.340 e. The molecule has 31 heavy (non-hydrogen) atoms. The number of nitrogens with one attached hydrogen (secondary N) is 2. The molecule has 2 aliphatic rings. The van der Waals surface area contributed by atoms with Crippen molar-refractivity contribution in [2.45, 2.75) is 25.4 Å². The Hall–Kier alpha value is -3.94. The quantitative estimate of drug-likeness (QED) is 0.502. The molecule has 0 saturated carbocycles. The second kappa shape index (κ2) is 7.09. The number of ether oxygens (including phenoxy) is 1. The van der Waals surface area contributed by atoms with Gasteiger partial charge in [-0.05, 0) is 41.3 Å². The fraction of sp³-hybridized carbons (Fsp3) is 0.217. The molecule has 2 N–H and O–H groups in total. The molecule has 0 spiro atoms. The number of esters is 1. The van der Waals surface area contributed by atoms with E-state index < -0.39 is 17.9 Å². The number of rotatable bonds is 3. The van der Waals surface area contributed by atoms with Crippen molar-refractivity contribution in [1.82, 2.24) is 15.2 Å². The second-order valence-electron chi connectivity index (χ2n) is 7.69. The second-order valence-corrected chi connectivity index (χ2v) is 7.69. The molecule has 3 aromatic rings. The summed E-state index contributed by atoms with van der Waals surface area (Å²) in [6, 6.07) is 10.5. The Bertz CT molecular complexity index is 1280. The number of nitrogens with zero attached hydrogens (tertiary/aromatic N) is 1. The normalized spacial score (nSPS) is 18.3. The number of methoxy groups -OCH3 is 1. The zero-order chi connectivity index (χ0) is 21.7. The van der Waals surface area contributed by atoms with E-state index in [0.29, 0.717) is 17.5 Å². The summed E-state index contributed by atoms with van der Waals surface area (Å²) in [5.74, 6) is -1.40. The van der Waals surface area contributed by atoms with Gasteiger partial charge in [-0.2, -0.15) is 0 Å². The van der Waals surface area contributed by atoms with Crippen molar-refractivity contribution in [2.75, 3.05) is 7.11 Å². The number of H-pyrrole nitrogens is 1. The van der Waals surface area contributed by atoms with E-state index in [1.54, 1.807) is 12.3 Å². The van der Waals surface area contributed by atoms with Gasteiger partial charge in [0.25, 0.3) is 5.91 Å². The first kappa shape index (κ1) is 19.0. The van der Waals surface area contributed by atoms with Gasteiger partial charge in [-0.25, -0.2) is 4.79 Å². The molecule has 8 heteroatoms. The van der Waals surface area contributed by atoms with Crippen LogP contribution < -0.4 is 5.32 Å². The number of piperidine rings is 1. The maximum atomic E-state index is 13.1. The number of aromatic amines is 1. The monoisotopic (exact) mass is 417 g/mol. The van der Waals surface area contributed by atoms with Crippen molar-refractivity contribution in [3.05, 3.63) is 59.3 Å². The zero-order valence-corrected chi connectivity index (χ0v) is 16.7. The van der Waals surface area contributed by atoms with Crippen LogP contribution in [-0.2, 0) is 20.9 Å². The molecule has 3 amide bonds. The lowest BCUT2D eigenvalue weighted by atomic mass is 9.95. The third-order valence-corrected chi connectivity index (χ3v) is 5.98. The molecular formula is C23H19N3O5. The van der Waals surface area contributed by atoms with E-state index in [9.17, 15) is 19.2 Å². The fourth-order valence-corrected chi connectivity index (χ4v) is 4.42. The standard InChI is InChI=1S/C23H19N3O5/c1-31-23(30)16-10-24-18-6-5-12(9-15(16)18)13-3-2-4-14-17(13)11-26(22(14)29)19-7-8-20(27)25-21(19)28/h2-6,9-10,19,24H,7-8,11H2,1H3,(H,25,27,28). The molecule has 156 valence electrons. The van der Waals surface area contributed by atoms with Gasteiger partial charge in [0.15, 0.2) is 0 Å². The van der Waals surface area contributed by atoms with Crippen LogP contribution in [0.4, 0.5) is 0 Å². The summed E-state index contributed by atoms with van der Waals surface area (Å²) in [6.45, 7) is 0.283. The zero-order valence-electron chi connectivity index (χ0n) is 16.7. The van der Waals surface area contributed by atoms with Crippen molar-refractivity contribution in [1.29, 1.82) is 0 Å². The molecule has 1 aromatic heterocycles. The summed E-state index contributed by atoms with van der Waals surface area (Å²) in [6.07, 6.45) is 2.14. The van der Waals surface area contributed by atoms with Gasteiger partial charge in [0.1, 0.15) is 6.04 Å². The number of benzene rings is 2. The molecule has 1 atom stereocenters. The summed E-state index contributed by atoms with van der Waals surface area (Å²) in [7, 11) is 1.34. The van der Waals surface area contributed by atoms with Gasteiger partial charge < -0.3 is 14.6 Å². The Morgan fingerprint density at radius 3 is 2.71 bits per heavy atom. The van der Waals surface area contributed by atoms with E-state index in [4.69, 9.17) is 4.74 Å². The largest absolute Gasteiger partial charge is 0.465 e. The van der Waals surface area contributed by atoms with Crippen LogP contribution in [0, 0.1) is 0 Å². The highest BCUT2D eigenvalue weighted by Gasteiger charge is 2.39. The summed E-state index contributed by atoms with van der Waals surface area (Å²) >= 11 is 0. The van der Waals surface area contributed by atoms with E-state index in [2.05, 4.69) is 10.3 Å². The van der Waals surface area contributed by atoms with Crippen LogP contribution in [0.1, 0.15) is 39.1 Å². The first-order chi connectivity index (χ1) is 15.0. The van der Waals surface area contributed by atoms with Gasteiger partial charge in [0.2, 0.25) is 11.8 Å². The number of carbonyl (C=O) groups excluding carboxylic acids is 4. The Morgan fingerprint density at radius 1 is 1.13 bits per heavy atom. The van der Waals surface area contributed by atoms with Gasteiger partial charge in [-0.15, -0.1) is 0 Å². The van der Waals surface area contributed by atoms with E-state index >= 15 is 0 Å². The van der Waals surface area contributed by atoms with Crippen molar-refractivity contribution in [3.63, 3.8) is 0 Å². The van der Waals surface area contributed by atoms with Crippen molar-refractivity contribution in [2.24, 2.45) is 0 Å². The summed E-state index contributed by atoms with van der Waals surface area (Å²) < 4.78 is 4.86. The van der Waals surface area contributed by atoms with Crippen molar-refractivity contribution in [3.8, 4) is 11.1 Å². The van der Waals surface area contributed by atoms with Crippen LogP contribution in [0.5, 0.6) is 0 Å². The lowest BCUT2D eigenvalue weighted by Gasteiger charge is -2.29. The first-order valence-electron chi connectivity index (χ1n) is 9.94. The van der Waals surface area contributed by atoms with E-state index in [1.165, 1.54) is 12.0 Å². The van der Waals surface area contributed by atoms with E-state index in [1.807, 2.05) is 30.3 Å². The average molecular weight is 417 g/mol. The molecule has 2 aliphatic heterocycles. The maximum Gasteiger partial charge on any atom is 0.340 e. The SMILES string of the molecule is COC(=O)c1c[nH]c2ccc(-c3cccc4c3CN(C3CCC(=O)NC3=O)C4=O)cc12. The van der Waals surface area contributed by atoms with Crippen LogP contribution in [0.3, 0.4) is 0 Å². The van der Waals surface area contributed by atoms with Gasteiger partial charge in [-0.3, -0.25) is 19.7 Å². The molecule has 0 bridgehead atoms. The van der Waals surface area contributed by atoms with Gasteiger partial charge >= 0.3 is 5.97 Å². The molecule has 2 aromatic carbocycles. The molecule has 8 nitrogen and oxygen atoms in total. The van der Waals surface area contributed by atoms with Crippen LogP contribution in [0.15, 0.2) is 42.6 Å². The molecule has 0 aliphatic carbocycles. The van der Waals surface area contributed by atoms with E-state index in [0.717, 1.165) is 27.6 Å². The minimum absolute atomic E-state index is 0.212. The molecule has 1 unspecified atom stereocenters. The number of fused-ring (bicyclic) bond motifs is 2. The highest BCUT2D eigenvalue weighted by atomic mass is 16.5. The average Bonchev–Trinajstić information content (AvgIpc) is 3.34. The Labute approximate surface area is 177 Å². The summed E-state index contributed by atoms with van der Waals surface area (Å²) in [5.41, 5.74) is 4.33. The summed E-state index contributed by atoms with van der Waals surface area (Å²) in [4.78, 5) is 53.5. The van der Waals surface area contributed by atoms with Crippen LogP contribution in [0.25, 0.3) is 22.0 Å². The number of imide groups is 1. The topological polar surface area (TPSA) is 109 Å². The molecule has 1 fully saturated rings. The number of hydrogen-bond acceptors (Lipinski definition) is 5. The number of aromatic nitrogens is 1. The summed E-state index contributed by atoms with van der Waals surface area (Å²) in [5, 5.41) is 3.05. The molecular weight excluding hydrogens is 398 g/mol. The molecule has 1 saturated heterocycles. The first-order valence-corrected chi connectivity index (χ1v) is 9.94. The van der Waals surface area contributed by atoms with Crippen LogP contribution in [-0.4, -0.2) is 46.7 Å². The van der Waals surface area contributed by atoms with Crippen LogP contribution >= 0.6 is 0 Å². The fourth-order valence-electron chi connectivity index (χ4n) is 4.42. The lowest BCUT2D eigenvalue weighted by molar-refractivity contribution is -0.136. The Balaban J connectivity index is 1.55. The lowest BCUT2D eigenvalue weighted by Crippen LogP contribution is -2.52. The molecule has 0 radical (unpaired) electrons. The van der Waals surface area contributed by atoms with Crippen LogP contribution in [0.2, 0.25) is 0 Å². The molecule has 5 rings (SSSR count). The van der Waals surface area contributed by atoms with E-state index in [-0.39, 0.29) is 24.8 Å². The Morgan fingerprint density at radius 2 is 1.94 bits per heavy atom. The number of carbonyl (C=O) groups is 4. The predicted molar refractivity (Wildman–Crippen MR) is 111 cm³/mol. The number of hydrogen-bond donors (Lipinski definition) is 2. The maximum absolute atomic E-state index is 13.1. The van der Waals surface area contributed by atoms with Gasteiger partial charge in [-0.1, -0.05) is 18.2 Å². The minimum Gasteiger partial charge on any atom is -0.465 e. The predicted octanol–water partition coefficient (Wildman–Crippen LogP) is 2.38. The Kier molecular flexibility index (Phi) is 4.35. The van der Waals surface area contributed by atoms with Crippen molar-refractivity contribution >= 4 is 34.6 Å². The van der Waals surface area contributed by atoms with Crippen molar-refractivity contribution < 1.29 is 23.9 Å². The van der Waals surface area contributed by atoms with Gasteiger partial charge in [0, 0.05) is 35.6 Å². The molecule has 3 heterocycles. The highest BCUT2D eigenvalue weighted by Crippen LogP contribution is 2.36. The number of amides is 3. The third-order valence-electron chi connectivity index (χ3n) is 5.98. The minimum atomic E-state index is -0.663. The third kappa shape index (κ3) is 2.99. The highest BCUT2D eigenvalue weighted by molar-refractivity contribution is 6.07.